The highest BCUT2D eigenvalue weighted by Gasteiger charge is 2.20. The molecule has 0 saturated heterocycles. The van der Waals surface area contributed by atoms with Crippen molar-refractivity contribution in [1.82, 2.24) is 0 Å². The Morgan fingerprint density at radius 1 is 0.833 bits per heavy atom. The first-order valence-corrected chi connectivity index (χ1v) is 3.87. The maximum Gasteiger partial charge on any atom is 0.182 e. The molecule has 1 aromatic rings. The van der Waals surface area contributed by atoms with E-state index in [1.807, 2.05) is 0 Å². The maximum absolute atomic E-state index is 12.7. The molecule has 0 aliphatic carbocycles. The molecule has 0 amide bonds. The van der Waals surface area contributed by atoms with E-state index in [1.54, 1.807) is 0 Å². The van der Waals surface area contributed by atoms with Crippen LogP contribution < -0.4 is 0 Å². The van der Waals surface area contributed by atoms with E-state index in [0.717, 1.165) is 0 Å². The zero-order valence-electron chi connectivity index (χ0n) is 5.34. The van der Waals surface area contributed by atoms with Gasteiger partial charge in [-0.25, -0.2) is 13.2 Å². The molecule has 66 valence electrons. The second kappa shape index (κ2) is 3.36. The smallest absolute Gasteiger partial charge is 0.182 e. The van der Waals surface area contributed by atoms with Crippen LogP contribution in [-0.4, -0.2) is 0 Å². The minimum absolute atomic E-state index is 0.499. The molecule has 6 heteroatoms. The molecule has 0 aliphatic rings. The molecule has 0 saturated carbocycles. The van der Waals surface area contributed by atoms with E-state index in [2.05, 4.69) is 12.6 Å². The largest absolute Gasteiger partial charge is 0.204 e. The predicted molar refractivity (Wildman–Crippen MR) is 43.6 cm³/mol. The molecular formula is C6HCl2F3S. The van der Waals surface area contributed by atoms with Crippen LogP contribution in [0.25, 0.3) is 0 Å². The monoisotopic (exact) mass is 232 g/mol. The van der Waals surface area contributed by atoms with Crippen LogP contribution in [-0.2, 0) is 0 Å². The number of hydrogen-bond donors (Lipinski definition) is 1. The van der Waals surface area contributed by atoms with Crippen molar-refractivity contribution in [2.45, 2.75) is 4.90 Å². The van der Waals surface area contributed by atoms with E-state index in [-0.39, 0.29) is 0 Å². The molecule has 0 radical (unpaired) electrons. The summed E-state index contributed by atoms with van der Waals surface area (Å²) in [6.45, 7) is 0. The van der Waals surface area contributed by atoms with Crippen molar-refractivity contribution in [1.29, 1.82) is 0 Å². The van der Waals surface area contributed by atoms with Crippen LogP contribution in [0.15, 0.2) is 4.90 Å². The molecule has 0 fully saturated rings. The fourth-order valence-electron chi connectivity index (χ4n) is 0.593. The van der Waals surface area contributed by atoms with Gasteiger partial charge in [-0.3, -0.25) is 0 Å². The predicted octanol–water partition coefficient (Wildman–Crippen LogP) is 3.70. The highest BCUT2D eigenvalue weighted by Crippen LogP contribution is 2.33. The average Bonchev–Trinajstić information content (AvgIpc) is 2.08. The van der Waals surface area contributed by atoms with Crippen LogP contribution >= 0.6 is 35.8 Å². The summed E-state index contributed by atoms with van der Waals surface area (Å²) in [6, 6.07) is 0. The van der Waals surface area contributed by atoms with Crippen molar-refractivity contribution in [3.63, 3.8) is 0 Å². The van der Waals surface area contributed by atoms with Crippen molar-refractivity contribution >= 4 is 35.8 Å². The first-order valence-electron chi connectivity index (χ1n) is 2.67. The molecule has 0 nitrogen and oxygen atoms in total. The van der Waals surface area contributed by atoms with Gasteiger partial charge in [-0.1, -0.05) is 23.2 Å². The van der Waals surface area contributed by atoms with Gasteiger partial charge in [0, 0.05) is 0 Å². The Kier molecular flexibility index (Phi) is 2.81. The molecular weight excluding hydrogens is 232 g/mol. The van der Waals surface area contributed by atoms with Crippen LogP contribution in [0.1, 0.15) is 0 Å². The summed E-state index contributed by atoms with van der Waals surface area (Å²) in [5.41, 5.74) is 0. The summed E-state index contributed by atoms with van der Waals surface area (Å²) in [7, 11) is 0. The normalized spacial score (nSPS) is 10.5. The SMILES string of the molecule is Fc1c(F)c(Cl)c(S)c(F)c1Cl. The van der Waals surface area contributed by atoms with Gasteiger partial charge < -0.3 is 0 Å². The molecule has 0 heterocycles. The molecule has 0 aromatic heterocycles. The lowest BCUT2D eigenvalue weighted by Crippen LogP contribution is -1.93. The summed E-state index contributed by atoms with van der Waals surface area (Å²) in [5.74, 6) is -4.06. The zero-order chi connectivity index (χ0) is 9.46. The number of hydrogen-bond acceptors (Lipinski definition) is 1. The zero-order valence-corrected chi connectivity index (χ0v) is 7.74. The van der Waals surface area contributed by atoms with E-state index in [0.29, 0.717) is 0 Å². The van der Waals surface area contributed by atoms with E-state index >= 15 is 0 Å². The topological polar surface area (TPSA) is 0 Å². The van der Waals surface area contributed by atoms with Crippen molar-refractivity contribution in [2.24, 2.45) is 0 Å². The Balaban J connectivity index is 3.60. The van der Waals surface area contributed by atoms with Crippen molar-refractivity contribution < 1.29 is 13.2 Å². The molecule has 0 spiro atoms. The number of benzene rings is 1. The van der Waals surface area contributed by atoms with Gasteiger partial charge in [0.1, 0.15) is 5.02 Å². The third-order valence-corrected chi connectivity index (χ3v) is 2.43. The summed E-state index contributed by atoms with van der Waals surface area (Å²) in [4.78, 5) is -0.499. The Hall–Kier alpha value is -0.0600. The molecule has 12 heavy (non-hydrogen) atoms. The average molecular weight is 233 g/mol. The fraction of sp³-hybridized carbons (Fsp3) is 0. The first-order chi connectivity index (χ1) is 5.46. The Morgan fingerprint density at radius 2 is 1.25 bits per heavy atom. The van der Waals surface area contributed by atoms with Crippen LogP contribution in [0.3, 0.4) is 0 Å². The standard InChI is InChI=1S/C6HCl2F3S/c7-1-3(9)4(10)2(8)6(12)5(1)11/h12H. The number of halogens is 5. The van der Waals surface area contributed by atoms with Gasteiger partial charge in [-0.05, 0) is 0 Å². The molecule has 0 unspecified atom stereocenters. The Labute approximate surface area is 81.7 Å². The van der Waals surface area contributed by atoms with Gasteiger partial charge >= 0.3 is 0 Å². The second-order valence-corrected chi connectivity index (χ2v) is 3.12. The number of rotatable bonds is 0. The van der Waals surface area contributed by atoms with Crippen LogP contribution in [0.5, 0.6) is 0 Å². The Morgan fingerprint density at radius 3 is 1.75 bits per heavy atom. The van der Waals surface area contributed by atoms with Crippen molar-refractivity contribution in [3.05, 3.63) is 27.5 Å². The summed E-state index contributed by atoms with van der Waals surface area (Å²) >= 11 is 13.7. The van der Waals surface area contributed by atoms with Gasteiger partial charge in [0.05, 0.1) is 9.92 Å². The van der Waals surface area contributed by atoms with E-state index in [1.165, 1.54) is 0 Å². The third-order valence-electron chi connectivity index (χ3n) is 1.19. The summed E-state index contributed by atoms with van der Waals surface area (Å²) in [5, 5.41) is -1.65. The van der Waals surface area contributed by atoms with E-state index < -0.39 is 32.4 Å². The van der Waals surface area contributed by atoms with Gasteiger partial charge in [0.15, 0.2) is 17.5 Å². The minimum Gasteiger partial charge on any atom is -0.204 e. The quantitative estimate of drug-likeness (QED) is 0.394. The van der Waals surface area contributed by atoms with Gasteiger partial charge in [0.2, 0.25) is 0 Å². The van der Waals surface area contributed by atoms with Gasteiger partial charge in [-0.2, -0.15) is 0 Å². The van der Waals surface area contributed by atoms with Gasteiger partial charge in [-0.15, -0.1) is 12.6 Å². The van der Waals surface area contributed by atoms with Gasteiger partial charge in [0.25, 0.3) is 0 Å². The second-order valence-electron chi connectivity index (χ2n) is 1.92. The molecule has 0 bridgehead atoms. The van der Waals surface area contributed by atoms with E-state index in [4.69, 9.17) is 23.2 Å². The molecule has 0 N–H and O–H groups in total. The van der Waals surface area contributed by atoms with E-state index in [9.17, 15) is 13.2 Å². The highest BCUT2D eigenvalue weighted by atomic mass is 35.5. The third kappa shape index (κ3) is 1.39. The maximum atomic E-state index is 12.7. The lowest BCUT2D eigenvalue weighted by atomic mass is 10.3. The first kappa shape index (κ1) is 10.0. The van der Waals surface area contributed by atoms with Crippen molar-refractivity contribution in [3.8, 4) is 0 Å². The number of thiol groups is 1. The lowest BCUT2D eigenvalue weighted by molar-refractivity contribution is 0.487. The van der Waals surface area contributed by atoms with Crippen molar-refractivity contribution in [2.75, 3.05) is 0 Å². The molecule has 0 atom stereocenters. The molecule has 1 rings (SSSR count). The van der Waals surface area contributed by atoms with Crippen LogP contribution in [0.4, 0.5) is 13.2 Å². The highest BCUT2D eigenvalue weighted by molar-refractivity contribution is 7.80. The lowest BCUT2D eigenvalue weighted by Gasteiger charge is -2.03. The fourth-order valence-corrected chi connectivity index (χ4v) is 1.21. The van der Waals surface area contributed by atoms with Crippen LogP contribution in [0, 0.1) is 17.5 Å². The Bertz CT molecular complexity index is 235. The summed E-state index contributed by atoms with van der Waals surface area (Å²) < 4.78 is 37.9. The molecule has 1 aromatic carbocycles. The van der Waals surface area contributed by atoms with Crippen LogP contribution in [0.2, 0.25) is 10.0 Å². The summed E-state index contributed by atoms with van der Waals surface area (Å²) in [6.07, 6.45) is 0. The molecule has 0 aliphatic heterocycles. The minimum atomic E-state index is -1.50.